The molecule has 112 valence electrons. The third-order valence-electron chi connectivity index (χ3n) is 3.36. The number of carbonyl (C=O) groups excluding carboxylic acids is 1. The van der Waals surface area contributed by atoms with Crippen molar-refractivity contribution in [2.24, 2.45) is 0 Å². The summed E-state index contributed by atoms with van der Waals surface area (Å²) >= 11 is 1.25. The molecule has 6 heteroatoms. The molecule has 2 rings (SSSR count). The Morgan fingerprint density at radius 1 is 1.29 bits per heavy atom. The van der Waals surface area contributed by atoms with E-state index in [2.05, 4.69) is 5.32 Å². The highest BCUT2D eigenvalue weighted by Crippen LogP contribution is 2.12. The van der Waals surface area contributed by atoms with E-state index < -0.39 is 0 Å². The Balaban J connectivity index is 1.84. The van der Waals surface area contributed by atoms with E-state index in [1.54, 1.807) is 28.8 Å². The van der Waals surface area contributed by atoms with Crippen molar-refractivity contribution in [1.82, 2.24) is 4.57 Å². The molecule has 0 aliphatic rings. The van der Waals surface area contributed by atoms with Crippen molar-refractivity contribution >= 4 is 28.6 Å². The third-order valence-corrected chi connectivity index (χ3v) is 4.35. The molecule has 0 bridgehead atoms. The highest BCUT2D eigenvalue weighted by atomic mass is 32.1. The average molecular weight is 305 g/mol. The van der Waals surface area contributed by atoms with Crippen LogP contribution in [0.25, 0.3) is 0 Å². The summed E-state index contributed by atoms with van der Waals surface area (Å²) in [7, 11) is 0. The molecule has 0 spiro atoms. The molecule has 0 aliphatic heterocycles. The molecule has 1 amide bonds. The summed E-state index contributed by atoms with van der Waals surface area (Å²) in [5, 5.41) is 2.81. The number of nitrogens with zero attached hydrogens (tertiary/aromatic N) is 1. The molecule has 1 aromatic carbocycles. The van der Waals surface area contributed by atoms with E-state index in [-0.39, 0.29) is 10.8 Å². The van der Waals surface area contributed by atoms with Gasteiger partial charge in [0.05, 0.1) is 0 Å². The smallest absolute Gasteiger partial charge is 0.307 e. The number of hydrogen-bond acceptors (Lipinski definition) is 4. The molecule has 5 nitrogen and oxygen atoms in total. The number of aromatic nitrogens is 1. The van der Waals surface area contributed by atoms with Crippen molar-refractivity contribution in [3.8, 4) is 0 Å². The molecule has 1 heterocycles. The van der Waals surface area contributed by atoms with Crippen LogP contribution in [0.2, 0.25) is 0 Å². The van der Waals surface area contributed by atoms with Gasteiger partial charge in [-0.15, -0.1) is 0 Å². The van der Waals surface area contributed by atoms with Crippen LogP contribution in [0.4, 0.5) is 11.4 Å². The monoisotopic (exact) mass is 305 g/mol. The summed E-state index contributed by atoms with van der Waals surface area (Å²) in [6.45, 7) is 4.44. The molecule has 0 saturated heterocycles. The van der Waals surface area contributed by atoms with Crippen molar-refractivity contribution in [2.75, 3.05) is 11.1 Å². The highest BCUT2D eigenvalue weighted by molar-refractivity contribution is 7.09. The number of rotatable bonds is 5. The van der Waals surface area contributed by atoms with Gasteiger partial charge in [-0.1, -0.05) is 11.3 Å². The summed E-state index contributed by atoms with van der Waals surface area (Å²) in [5.74, 6) is -0.0579. The van der Waals surface area contributed by atoms with Crippen LogP contribution in [-0.4, -0.2) is 10.5 Å². The molecule has 0 saturated carbocycles. The minimum Gasteiger partial charge on any atom is -0.399 e. The first-order valence-electron chi connectivity index (χ1n) is 6.79. The zero-order valence-corrected chi connectivity index (χ0v) is 13.0. The van der Waals surface area contributed by atoms with Crippen LogP contribution in [0.15, 0.2) is 29.1 Å². The Morgan fingerprint density at radius 2 is 1.95 bits per heavy atom. The number of nitrogens with one attached hydrogen (secondary N) is 1. The minimum atomic E-state index is -0.0579. The van der Waals surface area contributed by atoms with Gasteiger partial charge in [-0.2, -0.15) is 0 Å². The average Bonchev–Trinajstić information content (AvgIpc) is 2.68. The number of benzene rings is 1. The van der Waals surface area contributed by atoms with Crippen LogP contribution in [0.5, 0.6) is 0 Å². The number of aryl methyl sites for hydroxylation is 1. The van der Waals surface area contributed by atoms with Crippen LogP contribution in [0.1, 0.15) is 23.4 Å². The Hall–Kier alpha value is -2.08. The molecule has 0 atom stereocenters. The molecule has 21 heavy (non-hydrogen) atoms. The molecular weight excluding hydrogens is 286 g/mol. The molecule has 2 aromatic rings. The molecule has 1 aromatic heterocycles. The van der Waals surface area contributed by atoms with Gasteiger partial charge in [-0.05, 0) is 44.5 Å². The van der Waals surface area contributed by atoms with Gasteiger partial charge < -0.3 is 15.6 Å². The lowest BCUT2D eigenvalue weighted by atomic mass is 10.2. The van der Waals surface area contributed by atoms with Crippen LogP contribution in [0, 0.1) is 13.8 Å². The molecule has 3 N–H and O–H groups in total. The summed E-state index contributed by atoms with van der Waals surface area (Å²) in [6, 6.07) is 7.02. The Bertz CT molecular complexity index is 686. The maximum absolute atomic E-state index is 11.8. The molecule has 0 aliphatic carbocycles. The number of thiazole rings is 1. The second-order valence-electron chi connectivity index (χ2n) is 4.93. The van der Waals surface area contributed by atoms with Gasteiger partial charge in [0.25, 0.3) is 0 Å². The first-order valence-corrected chi connectivity index (χ1v) is 7.61. The van der Waals surface area contributed by atoms with Crippen LogP contribution in [0.3, 0.4) is 0 Å². The summed E-state index contributed by atoms with van der Waals surface area (Å²) in [5.41, 5.74) is 7.97. The largest absolute Gasteiger partial charge is 0.399 e. The molecule has 0 fully saturated rings. The van der Waals surface area contributed by atoms with Crippen LogP contribution < -0.4 is 15.9 Å². The fourth-order valence-electron chi connectivity index (χ4n) is 2.03. The van der Waals surface area contributed by atoms with Gasteiger partial charge in [-0.3, -0.25) is 9.59 Å². The SMILES string of the molecule is Cc1sc(=O)n(CCCC(=O)Nc2ccc(N)cc2)c1C. The number of nitrogen functional groups attached to an aromatic ring is 1. The third kappa shape index (κ3) is 3.95. The van der Waals surface area contributed by atoms with Gasteiger partial charge >= 0.3 is 4.87 Å². The Kier molecular flexibility index (Phi) is 4.80. The van der Waals surface area contributed by atoms with E-state index >= 15 is 0 Å². The zero-order valence-electron chi connectivity index (χ0n) is 12.2. The number of anilines is 2. The van der Waals surface area contributed by atoms with Gasteiger partial charge in [0.1, 0.15) is 0 Å². The van der Waals surface area contributed by atoms with E-state index in [0.29, 0.717) is 25.1 Å². The maximum Gasteiger partial charge on any atom is 0.307 e. The van der Waals surface area contributed by atoms with Gasteiger partial charge in [0.2, 0.25) is 5.91 Å². The standard InChI is InChI=1S/C15H19N3O2S/c1-10-11(2)21-15(20)18(10)9-3-4-14(19)17-13-7-5-12(16)6-8-13/h5-8H,3-4,9,16H2,1-2H3,(H,17,19). The number of amides is 1. The van der Waals surface area contributed by atoms with Crippen LogP contribution >= 0.6 is 11.3 Å². The lowest BCUT2D eigenvalue weighted by molar-refractivity contribution is -0.116. The van der Waals surface area contributed by atoms with Crippen molar-refractivity contribution in [3.63, 3.8) is 0 Å². The second-order valence-corrected chi connectivity index (χ2v) is 6.10. The van der Waals surface area contributed by atoms with Gasteiger partial charge in [0, 0.05) is 34.9 Å². The maximum atomic E-state index is 11.8. The van der Waals surface area contributed by atoms with Crippen molar-refractivity contribution in [2.45, 2.75) is 33.2 Å². The normalized spacial score (nSPS) is 10.6. The molecule has 0 unspecified atom stereocenters. The number of nitrogens with two attached hydrogens (primary N) is 1. The topological polar surface area (TPSA) is 77.1 Å². The Labute approximate surface area is 127 Å². The van der Waals surface area contributed by atoms with Crippen molar-refractivity contribution in [1.29, 1.82) is 0 Å². The fraction of sp³-hybridized carbons (Fsp3) is 0.333. The molecule has 0 radical (unpaired) electrons. The summed E-state index contributed by atoms with van der Waals surface area (Å²) in [4.78, 5) is 24.6. The van der Waals surface area contributed by atoms with Gasteiger partial charge in [0.15, 0.2) is 0 Å². The van der Waals surface area contributed by atoms with Crippen molar-refractivity contribution in [3.05, 3.63) is 44.5 Å². The Morgan fingerprint density at radius 3 is 2.52 bits per heavy atom. The fourth-order valence-corrected chi connectivity index (χ4v) is 2.89. The minimum absolute atomic E-state index is 0.0453. The lowest BCUT2D eigenvalue weighted by Crippen LogP contribution is -2.17. The number of hydrogen-bond donors (Lipinski definition) is 2. The van der Waals surface area contributed by atoms with E-state index in [1.807, 2.05) is 13.8 Å². The quantitative estimate of drug-likeness (QED) is 0.833. The van der Waals surface area contributed by atoms with E-state index in [9.17, 15) is 9.59 Å². The predicted molar refractivity (Wildman–Crippen MR) is 86.8 cm³/mol. The lowest BCUT2D eigenvalue weighted by Gasteiger charge is -2.07. The molecular formula is C15H19N3O2S. The van der Waals surface area contributed by atoms with E-state index in [1.165, 1.54) is 11.3 Å². The first-order chi connectivity index (χ1) is 9.97. The van der Waals surface area contributed by atoms with Crippen molar-refractivity contribution < 1.29 is 4.79 Å². The summed E-state index contributed by atoms with van der Waals surface area (Å²) in [6.07, 6.45) is 1.02. The number of carbonyl (C=O) groups is 1. The second kappa shape index (κ2) is 6.58. The first kappa shape index (κ1) is 15.3. The van der Waals surface area contributed by atoms with E-state index in [4.69, 9.17) is 5.73 Å². The van der Waals surface area contributed by atoms with E-state index in [0.717, 1.165) is 16.3 Å². The van der Waals surface area contributed by atoms with Crippen LogP contribution in [-0.2, 0) is 11.3 Å². The van der Waals surface area contributed by atoms with Gasteiger partial charge in [-0.25, -0.2) is 0 Å². The zero-order chi connectivity index (χ0) is 15.4. The summed E-state index contributed by atoms with van der Waals surface area (Å²) < 4.78 is 1.73. The highest BCUT2D eigenvalue weighted by Gasteiger charge is 2.08. The predicted octanol–water partition coefficient (Wildman–Crippen LogP) is 2.53.